The number of para-hydroxylation sites is 1. The van der Waals surface area contributed by atoms with E-state index in [4.69, 9.17) is 11.6 Å². The molecular formula is C20H19ClN4O. The molecule has 0 aliphatic heterocycles. The van der Waals surface area contributed by atoms with Gasteiger partial charge < -0.3 is 10.2 Å². The molecule has 0 unspecified atom stereocenters. The Balaban J connectivity index is 1.70. The summed E-state index contributed by atoms with van der Waals surface area (Å²) in [6.07, 6.45) is 3.06. The van der Waals surface area contributed by atoms with Crippen molar-refractivity contribution in [1.29, 1.82) is 0 Å². The number of nitrogens with zero attached hydrogens (tertiary/aromatic N) is 3. The summed E-state index contributed by atoms with van der Waals surface area (Å²) in [7, 11) is 0. The van der Waals surface area contributed by atoms with E-state index in [9.17, 15) is 4.79 Å². The summed E-state index contributed by atoms with van der Waals surface area (Å²) in [5.41, 5.74) is 2.12. The molecule has 5 nitrogen and oxygen atoms in total. The Kier molecular flexibility index (Phi) is 5.81. The van der Waals surface area contributed by atoms with Crippen LogP contribution in [0.1, 0.15) is 22.8 Å². The lowest BCUT2D eigenvalue weighted by Gasteiger charge is -2.20. The average molecular weight is 367 g/mol. The van der Waals surface area contributed by atoms with Gasteiger partial charge >= 0.3 is 0 Å². The van der Waals surface area contributed by atoms with Gasteiger partial charge in [0, 0.05) is 25.5 Å². The Bertz CT molecular complexity index is 868. The second kappa shape index (κ2) is 8.45. The minimum atomic E-state index is -0.296. The molecule has 1 amide bonds. The molecule has 1 aromatic heterocycles. The van der Waals surface area contributed by atoms with E-state index in [0.717, 1.165) is 6.54 Å². The van der Waals surface area contributed by atoms with Crippen molar-refractivity contribution >= 4 is 29.1 Å². The van der Waals surface area contributed by atoms with Gasteiger partial charge in [-0.3, -0.25) is 4.79 Å². The van der Waals surface area contributed by atoms with Crippen LogP contribution in [0.5, 0.6) is 0 Å². The SMILES string of the molecule is CCN(Cc1ccccc1)c1ncc(C(=O)Nc2ccccc2Cl)cn1. The highest BCUT2D eigenvalue weighted by atomic mass is 35.5. The van der Waals surface area contributed by atoms with Gasteiger partial charge in [-0.25, -0.2) is 9.97 Å². The van der Waals surface area contributed by atoms with Gasteiger partial charge in [-0.15, -0.1) is 0 Å². The van der Waals surface area contributed by atoms with Crippen molar-refractivity contribution in [2.24, 2.45) is 0 Å². The van der Waals surface area contributed by atoms with E-state index in [1.54, 1.807) is 12.1 Å². The normalized spacial score (nSPS) is 10.4. The van der Waals surface area contributed by atoms with Crippen molar-refractivity contribution in [3.63, 3.8) is 0 Å². The number of anilines is 2. The minimum Gasteiger partial charge on any atom is -0.337 e. The average Bonchev–Trinajstić information content (AvgIpc) is 2.69. The molecule has 3 rings (SSSR count). The molecule has 3 aromatic rings. The maximum Gasteiger partial charge on any atom is 0.258 e. The first-order chi connectivity index (χ1) is 12.7. The first kappa shape index (κ1) is 17.9. The van der Waals surface area contributed by atoms with Gasteiger partial charge in [-0.1, -0.05) is 54.1 Å². The second-order valence-electron chi connectivity index (χ2n) is 5.71. The zero-order valence-corrected chi connectivity index (χ0v) is 15.1. The van der Waals surface area contributed by atoms with Crippen molar-refractivity contribution in [2.45, 2.75) is 13.5 Å². The first-order valence-electron chi connectivity index (χ1n) is 8.34. The van der Waals surface area contributed by atoms with Crippen LogP contribution in [0.3, 0.4) is 0 Å². The van der Waals surface area contributed by atoms with Gasteiger partial charge in [0.25, 0.3) is 5.91 Å². The van der Waals surface area contributed by atoms with Gasteiger partial charge in [-0.2, -0.15) is 0 Å². The molecule has 0 saturated carbocycles. The molecule has 0 atom stereocenters. The second-order valence-corrected chi connectivity index (χ2v) is 6.11. The fourth-order valence-corrected chi connectivity index (χ4v) is 2.67. The van der Waals surface area contributed by atoms with Crippen molar-refractivity contribution in [1.82, 2.24) is 9.97 Å². The molecule has 26 heavy (non-hydrogen) atoms. The summed E-state index contributed by atoms with van der Waals surface area (Å²) in [5, 5.41) is 3.25. The van der Waals surface area contributed by atoms with Crippen molar-refractivity contribution in [3.8, 4) is 0 Å². The van der Waals surface area contributed by atoms with E-state index in [-0.39, 0.29) is 5.91 Å². The summed E-state index contributed by atoms with van der Waals surface area (Å²) in [6, 6.07) is 17.2. The van der Waals surface area contributed by atoms with Crippen molar-refractivity contribution in [3.05, 3.63) is 83.1 Å². The molecule has 0 spiro atoms. The molecular weight excluding hydrogens is 348 g/mol. The first-order valence-corrected chi connectivity index (χ1v) is 8.72. The van der Waals surface area contributed by atoms with Crippen LogP contribution < -0.4 is 10.2 Å². The summed E-state index contributed by atoms with van der Waals surface area (Å²) < 4.78 is 0. The van der Waals surface area contributed by atoms with E-state index in [1.165, 1.54) is 18.0 Å². The number of nitrogens with one attached hydrogen (secondary N) is 1. The number of hydrogen-bond donors (Lipinski definition) is 1. The summed E-state index contributed by atoms with van der Waals surface area (Å²) in [4.78, 5) is 23.1. The fourth-order valence-electron chi connectivity index (χ4n) is 2.49. The molecule has 0 fully saturated rings. The van der Waals surface area contributed by atoms with Crippen molar-refractivity contribution < 1.29 is 4.79 Å². The molecule has 0 aliphatic carbocycles. The van der Waals surface area contributed by atoms with E-state index in [0.29, 0.717) is 28.8 Å². The highest BCUT2D eigenvalue weighted by Gasteiger charge is 2.12. The van der Waals surface area contributed by atoms with Crippen LogP contribution in [0.15, 0.2) is 67.0 Å². The standard InChI is InChI=1S/C20H19ClN4O/c1-2-25(14-15-8-4-3-5-9-15)20-22-12-16(13-23-20)19(26)24-18-11-7-6-10-17(18)21/h3-13H,2,14H2,1H3,(H,24,26). The smallest absolute Gasteiger partial charge is 0.258 e. The highest BCUT2D eigenvalue weighted by Crippen LogP contribution is 2.21. The molecule has 132 valence electrons. The number of carbonyl (C=O) groups excluding carboxylic acids is 1. The Morgan fingerprint density at radius 1 is 1.04 bits per heavy atom. The van der Waals surface area contributed by atoms with Gasteiger partial charge in [0.2, 0.25) is 5.95 Å². The Morgan fingerprint density at radius 3 is 2.35 bits per heavy atom. The number of halogens is 1. The Morgan fingerprint density at radius 2 is 1.69 bits per heavy atom. The zero-order valence-electron chi connectivity index (χ0n) is 14.4. The molecule has 0 saturated heterocycles. The van der Waals surface area contributed by atoms with E-state index >= 15 is 0 Å². The van der Waals surface area contributed by atoms with E-state index < -0.39 is 0 Å². The predicted molar refractivity (Wildman–Crippen MR) is 105 cm³/mol. The molecule has 1 heterocycles. The van der Waals surface area contributed by atoms with Crippen LogP contribution in [0.4, 0.5) is 11.6 Å². The van der Waals surface area contributed by atoms with Crippen LogP contribution in [0.25, 0.3) is 0 Å². The monoisotopic (exact) mass is 366 g/mol. The zero-order chi connectivity index (χ0) is 18.4. The van der Waals surface area contributed by atoms with Crippen LogP contribution in [-0.2, 0) is 6.54 Å². The van der Waals surface area contributed by atoms with Gasteiger partial charge in [0.05, 0.1) is 16.3 Å². The van der Waals surface area contributed by atoms with E-state index in [1.807, 2.05) is 42.2 Å². The van der Waals surface area contributed by atoms with Crippen LogP contribution in [0, 0.1) is 0 Å². The summed E-state index contributed by atoms with van der Waals surface area (Å²) >= 11 is 6.07. The lowest BCUT2D eigenvalue weighted by atomic mass is 10.2. The number of rotatable bonds is 6. The van der Waals surface area contributed by atoms with Gasteiger partial charge in [-0.05, 0) is 24.6 Å². The van der Waals surface area contributed by atoms with E-state index in [2.05, 4.69) is 27.4 Å². The fraction of sp³-hybridized carbons (Fsp3) is 0.150. The lowest BCUT2D eigenvalue weighted by Crippen LogP contribution is -2.24. The topological polar surface area (TPSA) is 58.1 Å². The van der Waals surface area contributed by atoms with Gasteiger partial charge in [0.15, 0.2) is 0 Å². The molecule has 6 heteroatoms. The third-order valence-electron chi connectivity index (χ3n) is 3.90. The lowest BCUT2D eigenvalue weighted by molar-refractivity contribution is 0.102. The molecule has 2 aromatic carbocycles. The Labute approximate surface area is 157 Å². The molecule has 0 aliphatic rings. The van der Waals surface area contributed by atoms with Crippen LogP contribution in [0.2, 0.25) is 5.02 Å². The number of benzene rings is 2. The quantitative estimate of drug-likeness (QED) is 0.702. The maximum atomic E-state index is 12.3. The number of amides is 1. The highest BCUT2D eigenvalue weighted by molar-refractivity contribution is 6.33. The largest absolute Gasteiger partial charge is 0.337 e. The maximum absolute atomic E-state index is 12.3. The molecule has 0 radical (unpaired) electrons. The third kappa shape index (κ3) is 4.37. The summed E-state index contributed by atoms with van der Waals surface area (Å²) in [6.45, 7) is 3.52. The molecule has 1 N–H and O–H groups in total. The number of carbonyl (C=O) groups is 1. The van der Waals surface area contributed by atoms with Gasteiger partial charge in [0.1, 0.15) is 0 Å². The third-order valence-corrected chi connectivity index (χ3v) is 4.23. The minimum absolute atomic E-state index is 0.296. The Hall–Kier alpha value is -2.92. The summed E-state index contributed by atoms with van der Waals surface area (Å²) in [5.74, 6) is 0.293. The number of aromatic nitrogens is 2. The van der Waals surface area contributed by atoms with Crippen molar-refractivity contribution in [2.75, 3.05) is 16.8 Å². The number of hydrogen-bond acceptors (Lipinski definition) is 4. The van der Waals surface area contributed by atoms with Crippen LogP contribution >= 0.6 is 11.6 Å². The van der Waals surface area contributed by atoms with Crippen LogP contribution in [-0.4, -0.2) is 22.4 Å². The molecule has 0 bridgehead atoms. The predicted octanol–water partition coefficient (Wildman–Crippen LogP) is 4.41.